The molecule has 0 atom stereocenters. The summed E-state index contributed by atoms with van der Waals surface area (Å²) in [6.45, 7) is 0.960. The molecule has 30 heavy (non-hydrogen) atoms. The zero-order valence-corrected chi connectivity index (χ0v) is 18.3. The summed E-state index contributed by atoms with van der Waals surface area (Å²) in [5.74, 6) is 2.11. The van der Waals surface area contributed by atoms with E-state index in [-0.39, 0.29) is 0 Å². The molecule has 1 aliphatic rings. The smallest absolute Gasteiger partial charge is 0.222 e. The molecule has 0 bridgehead atoms. The molecule has 0 unspecified atom stereocenters. The molecule has 0 spiro atoms. The summed E-state index contributed by atoms with van der Waals surface area (Å²) in [4.78, 5) is 10.3. The third-order valence-electron chi connectivity index (χ3n) is 5.36. The zero-order valence-electron chi connectivity index (χ0n) is 18.3. The lowest BCUT2D eigenvalue weighted by Gasteiger charge is -2.22. The standard InChI is InChI=1S/C14H21NO.C10H12N4/c1-16-14-9-5-6-12(10-14)11-15-13-7-3-2-4-8-13;1-14(2)9-7-5-3-4-6-8(7)12-10(11)13-9/h5-6,9-10,13,15H,2-4,7-8,11H2,1H3;3-6H,1-2H3,(H2,11,12,13). The number of benzene rings is 2. The summed E-state index contributed by atoms with van der Waals surface area (Å²) >= 11 is 0. The molecule has 0 amide bonds. The Kier molecular flexibility index (Phi) is 7.85. The number of ether oxygens (including phenoxy) is 1. The molecule has 0 aliphatic heterocycles. The lowest BCUT2D eigenvalue weighted by atomic mass is 9.95. The number of hydrogen-bond acceptors (Lipinski definition) is 6. The van der Waals surface area contributed by atoms with Gasteiger partial charge >= 0.3 is 0 Å². The van der Waals surface area contributed by atoms with E-state index >= 15 is 0 Å². The minimum Gasteiger partial charge on any atom is -0.497 e. The number of fused-ring (bicyclic) bond motifs is 1. The van der Waals surface area contributed by atoms with Gasteiger partial charge in [0.25, 0.3) is 0 Å². The second kappa shape index (κ2) is 10.8. The van der Waals surface area contributed by atoms with Crippen LogP contribution in [0.4, 0.5) is 11.8 Å². The number of aromatic nitrogens is 2. The van der Waals surface area contributed by atoms with E-state index in [4.69, 9.17) is 10.5 Å². The van der Waals surface area contributed by atoms with Gasteiger partial charge in [0.05, 0.1) is 12.6 Å². The van der Waals surface area contributed by atoms with Gasteiger partial charge in [-0.1, -0.05) is 43.5 Å². The number of nitrogens with one attached hydrogen (secondary N) is 1. The van der Waals surface area contributed by atoms with Crippen LogP contribution in [-0.4, -0.2) is 37.2 Å². The lowest BCUT2D eigenvalue weighted by Crippen LogP contribution is -2.30. The Hall–Kier alpha value is -2.86. The number of hydrogen-bond donors (Lipinski definition) is 2. The first-order chi connectivity index (χ1) is 14.6. The maximum absolute atomic E-state index is 5.61. The van der Waals surface area contributed by atoms with E-state index in [1.165, 1.54) is 37.7 Å². The number of methoxy groups -OCH3 is 1. The molecule has 0 saturated heterocycles. The van der Waals surface area contributed by atoms with Crippen LogP contribution in [0.3, 0.4) is 0 Å². The maximum atomic E-state index is 5.61. The average Bonchev–Trinajstić information content (AvgIpc) is 2.78. The number of rotatable bonds is 5. The van der Waals surface area contributed by atoms with Gasteiger partial charge < -0.3 is 20.7 Å². The van der Waals surface area contributed by atoms with Crippen molar-refractivity contribution in [1.29, 1.82) is 0 Å². The number of nitrogen functional groups attached to an aromatic ring is 1. The Morgan fingerprint density at radius 3 is 2.53 bits per heavy atom. The predicted molar refractivity (Wildman–Crippen MR) is 125 cm³/mol. The van der Waals surface area contributed by atoms with E-state index in [2.05, 4.69) is 33.5 Å². The molecular weight excluding hydrogens is 374 g/mol. The Balaban J connectivity index is 0.000000172. The number of nitrogens with zero attached hydrogens (tertiary/aromatic N) is 3. The predicted octanol–water partition coefficient (Wildman–Crippen LogP) is 4.40. The van der Waals surface area contributed by atoms with Gasteiger partial charge in [0.2, 0.25) is 5.95 Å². The van der Waals surface area contributed by atoms with Crippen LogP contribution >= 0.6 is 0 Å². The van der Waals surface area contributed by atoms with Gasteiger partial charge in [-0.05, 0) is 42.7 Å². The van der Waals surface area contributed by atoms with E-state index in [9.17, 15) is 0 Å². The molecule has 3 aromatic rings. The van der Waals surface area contributed by atoms with Crippen LogP contribution in [0, 0.1) is 0 Å². The van der Waals surface area contributed by atoms with Gasteiger partial charge in [-0.2, -0.15) is 4.98 Å². The number of para-hydroxylation sites is 1. The van der Waals surface area contributed by atoms with Crippen molar-refractivity contribution in [3.05, 3.63) is 54.1 Å². The van der Waals surface area contributed by atoms with E-state index in [0.717, 1.165) is 35.1 Å². The highest BCUT2D eigenvalue weighted by atomic mass is 16.5. The van der Waals surface area contributed by atoms with Gasteiger partial charge in [-0.3, -0.25) is 0 Å². The highest BCUT2D eigenvalue weighted by Crippen LogP contribution is 2.22. The quantitative estimate of drug-likeness (QED) is 0.653. The molecule has 160 valence electrons. The Morgan fingerprint density at radius 1 is 1.03 bits per heavy atom. The van der Waals surface area contributed by atoms with Gasteiger partial charge in [-0.15, -0.1) is 0 Å². The monoisotopic (exact) mass is 407 g/mol. The fraction of sp³-hybridized carbons (Fsp3) is 0.417. The number of nitrogens with two attached hydrogens (primary N) is 1. The number of anilines is 2. The zero-order chi connectivity index (χ0) is 21.3. The van der Waals surface area contributed by atoms with Crippen molar-refractivity contribution >= 4 is 22.7 Å². The van der Waals surface area contributed by atoms with Crippen molar-refractivity contribution in [2.45, 2.75) is 44.7 Å². The summed E-state index contributed by atoms with van der Waals surface area (Å²) in [5, 5.41) is 4.65. The van der Waals surface area contributed by atoms with Crippen LogP contribution in [-0.2, 0) is 6.54 Å². The molecule has 6 heteroatoms. The fourth-order valence-electron chi connectivity index (χ4n) is 3.77. The third-order valence-corrected chi connectivity index (χ3v) is 5.36. The Labute approximate surface area is 179 Å². The summed E-state index contributed by atoms with van der Waals surface area (Å²) in [7, 11) is 5.59. The van der Waals surface area contributed by atoms with E-state index in [1.807, 2.05) is 49.3 Å². The largest absolute Gasteiger partial charge is 0.497 e. The first kappa shape index (κ1) is 21.8. The second-order valence-corrected chi connectivity index (χ2v) is 7.88. The molecule has 1 aliphatic carbocycles. The minimum atomic E-state index is 0.312. The molecule has 1 heterocycles. The topological polar surface area (TPSA) is 76.3 Å². The maximum Gasteiger partial charge on any atom is 0.222 e. The molecule has 6 nitrogen and oxygen atoms in total. The average molecular weight is 408 g/mol. The molecule has 1 saturated carbocycles. The van der Waals surface area contributed by atoms with Crippen LogP contribution in [0.25, 0.3) is 10.9 Å². The van der Waals surface area contributed by atoms with Crippen molar-refractivity contribution in [2.75, 3.05) is 31.8 Å². The van der Waals surface area contributed by atoms with Crippen molar-refractivity contribution in [2.24, 2.45) is 0 Å². The molecule has 4 rings (SSSR count). The van der Waals surface area contributed by atoms with Crippen LogP contribution < -0.4 is 20.7 Å². The lowest BCUT2D eigenvalue weighted by molar-refractivity contribution is 0.371. The van der Waals surface area contributed by atoms with Crippen molar-refractivity contribution < 1.29 is 4.74 Å². The van der Waals surface area contributed by atoms with Gasteiger partial charge in [0.15, 0.2) is 0 Å². The summed E-state index contributed by atoms with van der Waals surface area (Å²) in [6, 6.07) is 16.8. The third kappa shape index (κ3) is 6.07. The molecule has 0 radical (unpaired) electrons. The molecule has 1 aromatic heterocycles. The summed E-state index contributed by atoms with van der Waals surface area (Å²) in [6.07, 6.45) is 6.86. The second-order valence-electron chi connectivity index (χ2n) is 7.88. The van der Waals surface area contributed by atoms with Gasteiger partial charge in [0, 0.05) is 32.1 Å². The SMILES string of the molecule is CN(C)c1nc(N)nc2ccccc12.COc1cccc(CNC2CCCCC2)c1. The van der Waals surface area contributed by atoms with Crippen molar-refractivity contribution in [3.63, 3.8) is 0 Å². The Bertz CT molecular complexity index is 938. The molecule has 2 aromatic carbocycles. The van der Waals surface area contributed by atoms with Crippen LogP contribution in [0.1, 0.15) is 37.7 Å². The highest BCUT2D eigenvalue weighted by Gasteiger charge is 2.12. The van der Waals surface area contributed by atoms with Crippen LogP contribution in [0.2, 0.25) is 0 Å². The van der Waals surface area contributed by atoms with E-state index in [0.29, 0.717) is 5.95 Å². The normalized spacial score (nSPS) is 14.1. The first-order valence-corrected chi connectivity index (χ1v) is 10.6. The van der Waals surface area contributed by atoms with Crippen LogP contribution in [0.15, 0.2) is 48.5 Å². The molecule has 1 fully saturated rings. The van der Waals surface area contributed by atoms with Gasteiger partial charge in [-0.25, -0.2) is 4.98 Å². The minimum absolute atomic E-state index is 0.312. The van der Waals surface area contributed by atoms with E-state index < -0.39 is 0 Å². The summed E-state index contributed by atoms with van der Waals surface area (Å²) < 4.78 is 5.22. The van der Waals surface area contributed by atoms with Crippen molar-refractivity contribution in [1.82, 2.24) is 15.3 Å². The molecule has 3 N–H and O–H groups in total. The van der Waals surface area contributed by atoms with Gasteiger partial charge in [0.1, 0.15) is 11.6 Å². The fourth-order valence-corrected chi connectivity index (χ4v) is 3.77. The first-order valence-electron chi connectivity index (χ1n) is 10.6. The van der Waals surface area contributed by atoms with Crippen molar-refractivity contribution in [3.8, 4) is 5.75 Å². The highest BCUT2D eigenvalue weighted by molar-refractivity contribution is 5.90. The Morgan fingerprint density at radius 2 is 1.80 bits per heavy atom. The molecular formula is C24H33N5O. The van der Waals surface area contributed by atoms with E-state index in [1.54, 1.807) is 7.11 Å². The van der Waals surface area contributed by atoms with Crippen LogP contribution in [0.5, 0.6) is 5.75 Å². The summed E-state index contributed by atoms with van der Waals surface area (Å²) in [5.41, 5.74) is 7.80.